The number of hydrogen-bond donors (Lipinski definition) is 1. The third-order valence-electron chi connectivity index (χ3n) is 1.28. The summed E-state index contributed by atoms with van der Waals surface area (Å²) in [5.74, 6) is -2.42. The standard InChI is InChI=1S/C8H7N3O4/c1-3-5(12)15-8-10-4(2)9-6(11-8)7(13)14/h3H,1H2,2H3,(H,13,14). The quantitative estimate of drug-likeness (QED) is 0.550. The summed E-state index contributed by atoms with van der Waals surface area (Å²) < 4.78 is 4.55. The molecule has 1 aromatic heterocycles. The van der Waals surface area contributed by atoms with Gasteiger partial charge in [0.05, 0.1) is 0 Å². The number of hydrogen-bond acceptors (Lipinski definition) is 6. The molecule has 7 nitrogen and oxygen atoms in total. The number of nitrogens with zero attached hydrogens (tertiary/aromatic N) is 3. The van der Waals surface area contributed by atoms with Gasteiger partial charge in [0, 0.05) is 6.08 Å². The highest BCUT2D eigenvalue weighted by atomic mass is 16.5. The summed E-state index contributed by atoms with van der Waals surface area (Å²) in [5.41, 5.74) is 0. The van der Waals surface area contributed by atoms with E-state index in [0.29, 0.717) is 0 Å². The number of ether oxygens (including phenoxy) is 1. The molecule has 0 bridgehead atoms. The molecule has 0 fully saturated rings. The molecule has 0 aromatic carbocycles. The highest BCUT2D eigenvalue weighted by Gasteiger charge is 2.12. The topological polar surface area (TPSA) is 102 Å². The first-order chi connectivity index (χ1) is 7.02. The number of carbonyl (C=O) groups is 2. The smallest absolute Gasteiger partial charge is 0.374 e. The number of esters is 1. The van der Waals surface area contributed by atoms with Gasteiger partial charge in [0.15, 0.2) is 0 Å². The van der Waals surface area contributed by atoms with Gasteiger partial charge < -0.3 is 9.84 Å². The number of aryl methyl sites for hydroxylation is 1. The lowest BCUT2D eigenvalue weighted by Crippen LogP contribution is -2.12. The molecule has 0 aliphatic carbocycles. The van der Waals surface area contributed by atoms with Crippen LogP contribution in [0.3, 0.4) is 0 Å². The van der Waals surface area contributed by atoms with Crippen molar-refractivity contribution in [2.24, 2.45) is 0 Å². The zero-order valence-electron chi connectivity index (χ0n) is 7.80. The van der Waals surface area contributed by atoms with E-state index in [-0.39, 0.29) is 11.8 Å². The summed E-state index contributed by atoms with van der Waals surface area (Å²) in [7, 11) is 0. The number of aromatic carboxylic acids is 1. The van der Waals surface area contributed by atoms with E-state index in [9.17, 15) is 9.59 Å². The molecule has 0 spiro atoms. The lowest BCUT2D eigenvalue weighted by Gasteiger charge is -2.00. The fourth-order valence-electron chi connectivity index (χ4n) is 0.730. The van der Waals surface area contributed by atoms with E-state index >= 15 is 0 Å². The molecule has 15 heavy (non-hydrogen) atoms. The average Bonchev–Trinajstić information content (AvgIpc) is 2.16. The molecule has 0 atom stereocenters. The van der Waals surface area contributed by atoms with Crippen LogP contribution < -0.4 is 4.74 Å². The first-order valence-electron chi connectivity index (χ1n) is 3.83. The van der Waals surface area contributed by atoms with E-state index in [4.69, 9.17) is 5.11 Å². The molecule has 0 saturated carbocycles. The Bertz CT molecular complexity index is 430. The van der Waals surface area contributed by atoms with Crippen molar-refractivity contribution in [2.75, 3.05) is 0 Å². The fourth-order valence-corrected chi connectivity index (χ4v) is 0.730. The van der Waals surface area contributed by atoms with Crippen LogP contribution in [0.1, 0.15) is 16.4 Å². The van der Waals surface area contributed by atoms with Crippen LogP contribution in [0.15, 0.2) is 12.7 Å². The Labute approximate surface area is 84.5 Å². The van der Waals surface area contributed by atoms with Crippen molar-refractivity contribution >= 4 is 11.9 Å². The first-order valence-corrected chi connectivity index (χ1v) is 3.83. The molecule has 7 heteroatoms. The van der Waals surface area contributed by atoms with Crippen molar-refractivity contribution in [2.45, 2.75) is 6.92 Å². The maximum absolute atomic E-state index is 10.8. The summed E-state index contributed by atoms with van der Waals surface area (Å²) in [4.78, 5) is 31.9. The summed E-state index contributed by atoms with van der Waals surface area (Å²) in [5, 5.41) is 8.61. The number of carboxylic acids is 1. The maximum atomic E-state index is 10.8. The van der Waals surface area contributed by atoms with Crippen LogP contribution in [0.4, 0.5) is 0 Å². The molecular weight excluding hydrogens is 202 g/mol. The molecule has 0 aliphatic rings. The van der Waals surface area contributed by atoms with Gasteiger partial charge in [-0.25, -0.2) is 14.6 Å². The minimum absolute atomic E-state index is 0.147. The molecule has 1 heterocycles. The van der Waals surface area contributed by atoms with Crippen LogP contribution in [-0.2, 0) is 4.79 Å². The predicted octanol–water partition coefficient (Wildman–Crippen LogP) is -0.0304. The zero-order valence-corrected chi connectivity index (χ0v) is 7.80. The van der Waals surface area contributed by atoms with Gasteiger partial charge in [-0.1, -0.05) is 6.58 Å². The lowest BCUT2D eigenvalue weighted by molar-refractivity contribution is -0.129. The molecule has 1 N–H and O–H groups in total. The molecule has 0 aliphatic heterocycles. The number of aromatic nitrogens is 3. The van der Waals surface area contributed by atoms with Crippen molar-refractivity contribution in [1.82, 2.24) is 15.0 Å². The van der Waals surface area contributed by atoms with Crippen molar-refractivity contribution in [3.63, 3.8) is 0 Å². The van der Waals surface area contributed by atoms with E-state index in [1.165, 1.54) is 6.92 Å². The summed E-state index contributed by atoms with van der Waals surface area (Å²) in [6, 6.07) is -0.357. The molecule has 1 rings (SSSR count). The Morgan fingerprint density at radius 1 is 1.40 bits per heavy atom. The molecule has 78 valence electrons. The molecule has 0 unspecified atom stereocenters. The second-order valence-electron chi connectivity index (χ2n) is 2.42. The van der Waals surface area contributed by atoms with E-state index in [0.717, 1.165) is 6.08 Å². The van der Waals surface area contributed by atoms with Gasteiger partial charge in [-0.15, -0.1) is 0 Å². The van der Waals surface area contributed by atoms with E-state index in [2.05, 4.69) is 26.3 Å². The second-order valence-corrected chi connectivity index (χ2v) is 2.42. The minimum atomic E-state index is -1.32. The van der Waals surface area contributed by atoms with E-state index < -0.39 is 17.8 Å². The van der Waals surface area contributed by atoms with Crippen LogP contribution >= 0.6 is 0 Å². The van der Waals surface area contributed by atoms with Gasteiger partial charge in [0.1, 0.15) is 5.82 Å². The zero-order chi connectivity index (χ0) is 11.4. The lowest BCUT2D eigenvalue weighted by atomic mass is 10.6. The minimum Gasteiger partial charge on any atom is -0.475 e. The second kappa shape index (κ2) is 4.27. The van der Waals surface area contributed by atoms with Crippen LogP contribution in [0.2, 0.25) is 0 Å². The predicted molar refractivity (Wildman–Crippen MR) is 47.4 cm³/mol. The molecular formula is C8H7N3O4. The monoisotopic (exact) mass is 209 g/mol. The molecule has 0 amide bonds. The van der Waals surface area contributed by atoms with E-state index in [1.54, 1.807) is 0 Å². The Hall–Kier alpha value is -2.31. The third kappa shape index (κ3) is 2.83. The number of carbonyl (C=O) groups excluding carboxylic acids is 1. The van der Waals surface area contributed by atoms with Gasteiger partial charge in [-0.05, 0) is 6.92 Å². The summed E-state index contributed by atoms with van der Waals surface area (Å²) in [6.45, 7) is 4.63. The maximum Gasteiger partial charge on any atom is 0.374 e. The van der Waals surface area contributed by atoms with Crippen molar-refractivity contribution < 1.29 is 19.4 Å². The Morgan fingerprint density at radius 2 is 2.07 bits per heavy atom. The van der Waals surface area contributed by atoms with Gasteiger partial charge in [-0.3, -0.25) is 0 Å². The van der Waals surface area contributed by atoms with Crippen LogP contribution in [0, 0.1) is 6.92 Å². The Kier molecular flexibility index (Phi) is 3.06. The van der Waals surface area contributed by atoms with Gasteiger partial charge in [0.2, 0.25) is 5.82 Å². The van der Waals surface area contributed by atoms with Crippen molar-refractivity contribution in [1.29, 1.82) is 0 Å². The van der Waals surface area contributed by atoms with Crippen LogP contribution in [-0.4, -0.2) is 32.0 Å². The Balaban J connectivity index is 3.03. The van der Waals surface area contributed by atoms with Gasteiger partial charge >= 0.3 is 17.9 Å². The van der Waals surface area contributed by atoms with Gasteiger partial charge in [-0.2, -0.15) is 9.97 Å². The Morgan fingerprint density at radius 3 is 2.60 bits per heavy atom. The van der Waals surface area contributed by atoms with E-state index in [1.807, 2.05) is 0 Å². The van der Waals surface area contributed by atoms with Gasteiger partial charge in [0.25, 0.3) is 0 Å². The number of carboxylic acid groups (broad SMARTS) is 1. The van der Waals surface area contributed by atoms with Crippen LogP contribution in [0.25, 0.3) is 0 Å². The first kappa shape index (κ1) is 10.8. The highest BCUT2D eigenvalue weighted by Crippen LogP contribution is 2.03. The van der Waals surface area contributed by atoms with Crippen LogP contribution in [0.5, 0.6) is 6.01 Å². The van der Waals surface area contributed by atoms with Crippen molar-refractivity contribution in [3.05, 3.63) is 24.3 Å². The SMILES string of the molecule is C=CC(=O)Oc1nc(C)nc(C(=O)O)n1. The molecule has 0 saturated heterocycles. The largest absolute Gasteiger partial charge is 0.475 e. The average molecular weight is 209 g/mol. The summed E-state index contributed by atoms with van der Waals surface area (Å²) in [6.07, 6.45) is 0.916. The third-order valence-corrected chi connectivity index (χ3v) is 1.28. The fraction of sp³-hybridized carbons (Fsp3) is 0.125. The molecule has 1 aromatic rings. The highest BCUT2D eigenvalue weighted by molar-refractivity contribution is 5.84. The number of rotatable bonds is 3. The molecule has 0 radical (unpaired) electrons. The van der Waals surface area contributed by atoms with Crippen molar-refractivity contribution in [3.8, 4) is 6.01 Å². The normalized spacial score (nSPS) is 9.40. The summed E-state index contributed by atoms with van der Waals surface area (Å²) >= 11 is 0.